The van der Waals surface area contributed by atoms with E-state index in [1.807, 2.05) is 23.5 Å². The van der Waals surface area contributed by atoms with Crippen LogP contribution in [0.25, 0.3) is 89.0 Å². The van der Waals surface area contributed by atoms with E-state index in [2.05, 4.69) is 398 Å². The van der Waals surface area contributed by atoms with Crippen LogP contribution in [-0.2, 0) is 16.2 Å². The number of fused-ring (bicyclic) bond motifs is 18. The van der Waals surface area contributed by atoms with Gasteiger partial charge in [-0.05, 0) is 198 Å². The van der Waals surface area contributed by atoms with E-state index >= 15 is 0 Å². The first kappa shape index (κ1) is 66.2. The summed E-state index contributed by atoms with van der Waals surface area (Å²) in [6.45, 7) is 13.7. The molecule has 0 aromatic heterocycles. The molecule has 1 nitrogen and oxygen atoms in total. The highest BCUT2D eigenvalue weighted by Gasteiger charge is 2.55. The normalized spacial score (nSPS) is 15.5. The Morgan fingerprint density at radius 3 is 1.23 bits per heavy atom. The van der Waals surface area contributed by atoms with E-state index in [-0.39, 0.29) is 30.2 Å². The SMILES string of the molecule is CC(C)(C)c1ccc(-c2cc3c4c(c2)C(c2ccccc2-c2ccccc2)c2ccc(-c5ccccc5)cc2B4c2cc4c(cc2S3)C2(c3ccccc3-4)c3ccccc3-c3cc4c(cc32)Sc2cc(-c3ccc(C(C)(C)C)cc3)cc3c2B4c2cc(-c4ccccc4)ccc2N3c2ccccc2-c2ccccc2)cc1. The number of rotatable bonds is 8. The van der Waals surface area contributed by atoms with Crippen LogP contribution in [-0.4, -0.2) is 13.4 Å². The molecule has 4 heterocycles. The van der Waals surface area contributed by atoms with Gasteiger partial charge in [0.05, 0.1) is 11.1 Å². The van der Waals surface area contributed by atoms with Crippen LogP contribution in [0.4, 0.5) is 17.1 Å². The molecule has 2 atom stereocenters. The topological polar surface area (TPSA) is 3.24 Å². The van der Waals surface area contributed by atoms with E-state index in [0.29, 0.717) is 0 Å². The minimum Gasteiger partial charge on any atom is -0.311 e. The Morgan fingerprint density at radius 1 is 0.252 bits per heavy atom. The van der Waals surface area contributed by atoms with Crippen LogP contribution in [0.15, 0.2) is 371 Å². The van der Waals surface area contributed by atoms with Gasteiger partial charge in [-0.2, -0.15) is 0 Å². The highest BCUT2D eigenvalue weighted by Crippen LogP contribution is 2.64. The number of benzene rings is 16. The van der Waals surface area contributed by atoms with Gasteiger partial charge in [-0.25, -0.2) is 0 Å². The van der Waals surface area contributed by atoms with E-state index < -0.39 is 5.41 Å². The van der Waals surface area contributed by atoms with Crippen LogP contribution in [0, 0.1) is 0 Å². The fourth-order valence-electron chi connectivity index (χ4n) is 19.9. The first-order valence-electron chi connectivity index (χ1n) is 39.3. The lowest BCUT2D eigenvalue weighted by molar-refractivity contribution is 0.590. The molecule has 16 aromatic rings. The van der Waals surface area contributed by atoms with Crippen molar-refractivity contribution in [2.75, 3.05) is 4.90 Å². The van der Waals surface area contributed by atoms with Crippen molar-refractivity contribution in [2.45, 2.75) is 83.3 Å². The Kier molecular flexibility index (Phi) is 15.0. The van der Waals surface area contributed by atoms with Gasteiger partial charge in [-0.1, -0.05) is 396 Å². The first-order chi connectivity index (χ1) is 54.3. The number of para-hydroxylation sites is 1. The number of hydrogen-bond acceptors (Lipinski definition) is 3. The zero-order valence-corrected chi connectivity index (χ0v) is 64.6. The molecule has 2 unspecified atom stereocenters. The predicted molar refractivity (Wildman–Crippen MR) is 472 cm³/mol. The molecule has 111 heavy (non-hydrogen) atoms. The highest BCUT2D eigenvalue weighted by molar-refractivity contribution is 8.00. The maximum absolute atomic E-state index is 2.70. The van der Waals surface area contributed by atoms with E-state index in [0.717, 1.165) is 5.69 Å². The molecule has 0 radical (unpaired) electrons. The molecule has 2 aliphatic carbocycles. The summed E-state index contributed by atoms with van der Waals surface area (Å²) in [6.07, 6.45) is 0. The van der Waals surface area contributed by atoms with E-state index in [1.165, 1.54) is 203 Å². The van der Waals surface area contributed by atoms with Crippen molar-refractivity contribution in [3.05, 3.63) is 402 Å². The van der Waals surface area contributed by atoms with E-state index in [4.69, 9.17) is 0 Å². The molecule has 0 saturated heterocycles. The van der Waals surface area contributed by atoms with Crippen LogP contribution in [0.1, 0.15) is 97.5 Å². The molecule has 524 valence electrons. The van der Waals surface area contributed by atoms with Crippen molar-refractivity contribution >= 4 is 86.8 Å². The van der Waals surface area contributed by atoms with Crippen LogP contribution in [0.5, 0.6) is 0 Å². The van der Waals surface area contributed by atoms with Crippen LogP contribution in [0.2, 0.25) is 0 Å². The summed E-state index contributed by atoms with van der Waals surface area (Å²) in [5.74, 6) is -0.0516. The molecule has 16 aromatic carbocycles. The van der Waals surface area contributed by atoms with Crippen molar-refractivity contribution in [1.29, 1.82) is 0 Å². The smallest absolute Gasteiger partial charge is 0.249 e. The molecule has 0 N–H and O–H groups in total. The maximum atomic E-state index is 2.70. The monoisotopic (exact) mass is 1450 g/mol. The van der Waals surface area contributed by atoms with Crippen LogP contribution in [0.3, 0.4) is 0 Å². The van der Waals surface area contributed by atoms with Gasteiger partial charge in [-0.15, -0.1) is 0 Å². The zero-order chi connectivity index (χ0) is 74.2. The molecule has 1 spiro atoms. The lowest BCUT2D eigenvalue weighted by atomic mass is 9.32. The summed E-state index contributed by atoms with van der Waals surface area (Å²) in [5, 5.41) is 0. The summed E-state index contributed by atoms with van der Waals surface area (Å²) < 4.78 is 0. The fourth-order valence-corrected chi connectivity index (χ4v) is 22.4. The van der Waals surface area contributed by atoms with Crippen LogP contribution >= 0.6 is 23.5 Å². The second kappa shape index (κ2) is 25.1. The average Bonchev–Trinajstić information content (AvgIpc) is 1.56. The Morgan fingerprint density at radius 2 is 0.676 bits per heavy atom. The fraction of sp³-hybridized carbons (Fsp3) is 0.0943. The van der Waals surface area contributed by atoms with Gasteiger partial charge in [0.2, 0.25) is 13.4 Å². The van der Waals surface area contributed by atoms with Crippen molar-refractivity contribution in [2.24, 2.45) is 0 Å². The standard InChI is InChI=1S/C106H77B2NS2/c1-104(2,3)75-49-43-67(44-50-75)73-55-85-101(81-39-20-19-35-77(81)69-31-15-9-16-32-69)82-53-47-71(65-27-11-7-12-28-65)56-90(82)107-92-61-83-79-37-21-24-40-86(79)106(88(83)63-97(92)110-99(59-73)102(85)107)87-41-25-22-38-80(87)84-62-93-98(64-89(84)106)111-100-60-74(68-45-51-76(52-46-68)105(4,5)6)58-96-103(100)108(93)91-57-72(66-29-13-8-14-30-66)48-54-95(91)109(96)94-42-26-23-36-78(94)70-33-17-10-18-34-70/h7-64,101H,1-6H3. The molecular formula is C106H77B2NS2. The summed E-state index contributed by atoms with van der Waals surface area (Å²) in [6, 6.07) is 136. The van der Waals surface area contributed by atoms with Gasteiger partial charge in [0.1, 0.15) is 0 Å². The van der Waals surface area contributed by atoms with E-state index in [9.17, 15) is 0 Å². The Labute approximate surface area is 661 Å². The number of nitrogens with zero attached hydrogens (tertiary/aromatic N) is 1. The average molecular weight is 1450 g/mol. The molecule has 0 amide bonds. The molecule has 6 aliphatic rings. The third-order valence-corrected chi connectivity index (χ3v) is 27.4. The largest absolute Gasteiger partial charge is 0.311 e. The molecule has 0 fully saturated rings. The third-order valence-electron chi connectivity index (χ3n) is 25.1. The zero-order valence-electron chi connectivity index (χ0n) is 63.0. The minimum absolute atomic E-state index is 0.0123. The van der Waals surface area contributed by atoms with E-state index in [1.54, 1.807) is 0 Å². The van der Waals surface area contributed by atoms with Crippen molar-refractivity contribution in [3.63, 3.8) is 0 Å². The van der Waals surface area contributed by atoms with Gasteiger partial charge in [0.25, 0.3) is 0 Å². The Hall–Kier alpha value is -11.9. The second-order valence-electron chi connectivity index (χ2n) is 33.3. The molecule has 5 heteroatoms. The quantitative estimate of drug-likeness (QED) is 0.140. The van der Waals surface area contributed by atoms with Gasteiger partial charge < -0.3 is 4.90 Å². The predicted octanol–water partition coefficient (Wildman–Crippen LogP) is 23.9. The second-order valence-corrected chi connectivity index (χ2v) is 35.4. The summed E-state index contributed by atoms with van der Waals surface area (Å²) in [4.78, 5) is 7.85. The van der Waals surface area contributed by atoms with Crippen molar-refractivity contribution in [3.8, 4) is 89.0 Å². The Bertz CT molecular complexity index is 6130. The van der Waals surface area contributed by atoms with Gasteiger partial charge in [0.15, 0.2) is 0 Å². The summed E-state index contributed by atoms with van der Waals surface area (Å²) in [5.41, 5.74) is 43.2. The number of hydrogen-bond donors (Lipinski definition) is 0. The van der Waals surface area contributed by atoms with Gasteiger partial charge in [0, 0.05) is 42.4 Å². The molecule has 0 bridgehead atoms. The van der Waals surface area contributed by atoms with Gasteiger partial charge >= 0.3 is 0 Å². The lowest BCUT2D eigenvalue weighted by Gasteiger charge is -2.42. The summed E-state index contributed by atoms with van der Waals surface area (Å²) >= 11 is 3.97. The van der Waals surface area contributed by atoms with Crippen molar-refractivity contribution < 1.29 is 0 Å². The Balaban J connectivity index is 0.779. The van der Waals surface area contributed by atoms with Crippen LogP contribution < -0.4 is 37.7 Å². The van der Waals surface area contributed by atoms with Crippen molar-refractivity contribution in [1.82, 2.24) is 0 Å². The highest BCUT2D eigenvalue weighted by atomic mass is 32.2. The molecule has 0 saturated carbocycles. The number of anilines is 3. The minimum atomic E-state index is -0.646. The first-order valence-corrected chi connectivity index (χ1v) is 40.9. The lowest BCUT2D eigenvalue weighted by Crippen LogP contribution is -2.60. The molecule has 22 rings (SSSR count). The maximum Gasteiger partial charge on any atom is 0.249 e. The third kappa shape index (κ3) is 10.2. The molecular weight excluding hydrogens is 1370 g/mol. The van der Waals surface area contributed by atoms with Gasteiger partial charge in [-0.3, -0.25) is 0 Å². The summed E-state index contributed by atoms with van der Waals surface area (Å²) in [7, 11) is 0. The molecule has 4 aliphatic heterocycles.